The van der Waals surface area contributed by atoms with Crippen LogP contribution < -0.4 is 14.9 Å². The normalized spacial score (nSPS) is 15.3. The first-order chi connectivity index (χ1) is 15.2. The molecular formula is C24H17ClN2O4. The van der Waals surface area contributed by atoms with Gasteiger partial charge < -0.3 is 13.9 Å². The highest BCUT2D eigenvalue weighted by Gasteiger charge is 2.27. The van der Waals surface area contributed by atoms with Crippen LogP contribution in [0.1, 0.15) is 5.76 Å². The van der Waals surface area contributed by atoms with Crippen LogP contribution in [0.25, 0.3) is 22.1 Å². The lowest BCUT2D eigenvalue weighted by Gasteiger charge is -2.25. The fourth-order valence-corrected chi connectivity index (χ4v) is 3.53. The number of hydrogen-bond donors (Lipinski definition) is 1. The average Bonchev–Trinajstić information content (AvgIpc) is 3.26. The SMILES string of the molecule is O=C(NN=Cc1ccc(-c2cccc(Cl)c2)o1)C1COc2cc3ccccc3cc2O1. The van der Waals surface area contributed by atoms with E-state index in [1.807, 2.05) is 60.7 Å². The minimum Gasteiger partial charge on any atom is -0.485 e. The monoisotopic (exact) mass is 432 g/mol. The van der Waals surface area contributed by atoms with E-state index in [0.717, 1.165) is 16.3 Å². The van der Waals surface area contributed by atoms with Crippen LogP contribution in [0.3, 0.4) is 0 Å². The van der Waals surface area contributed by atoms with Crippen molar-refractivity contribution < 1.29 is 18.7 Å². The number of halogens is 1. The van der Waals surface area contributed by atoms with Crippen molar-refractivity contribution in [3.63, 3.8) is 0 Å². The van der Waals surface area contributed by atoms with E-state index in [9.17, 15) is 4.79 Å². The predicted molar refractivity (Wildman–Crippen MR) is 119 cm³/mol. The number of benzene rings is 3. The number of hydrogen-bond acceptors (Lipinski definition) is 5. The lowest BCUT2D eigenvalue weighted by Crippen LogP contribution is -2.42. The average molecular weight is 433 g/mol. The Morgan fingerprint density at radius 1 is 1.00 bits per heavy atom. The highest BCUT2D eigenvalue weighted by Crippen LogP contribution is 2.35. The summed E-state index contributed by atoms with van der Waals surface area (Å²) in [4.78, 5) is 12.5. The molecule has 0 spiro atoms. The van der Waals surface area contributed by atoms with Gasteiger partial charge in [0.15, 0.2) is 11.5 Å². The Bertz CT molecular complexity index is 1300. The molecule has 0 radical (unpaired) electrons. The molecule has 0 bridgehead atoms. The molecule has 2 heterocycles. The lowest BCUT2D eigenvalue weighted by molar-refractivity contribution is -0.130. The number of rotatable bonds is 4. The molecule has 0 saturated heterocycles. The Morgan fingerprint density at radius 3 is 2.61 bits per heavy atom. The van der Waals surface area contributed by atoms with Crippen LogP contribution in [0.2, 0.25) is 5.02 Å². The Labute approximate surface area is 183 Å². The number of nitrogens with one attached hydrogen (secondary N) is 1. The van der Waals surface area contributed by atoms with Crippen molar-refractivity contribution in [2.75, 3.05) is 6.61 Å². The molecule has 1 aromatic heterocycles. The maximum Gasteiger partial charge on any atom is 0.284 e. The van der Waals surface area contributed by atoms with Gasteiger partial charge in [0.1, 0.15) is 18.1 Å². The number of hydrazone groups is 1. The zero-order chi connectivity index (χ0) is 21.2. The van der Waals surface area contributed by atoms with E-state index in [0.29, 0.717) is 28.0 Å². The molecule has 3 aromatic carbocycles. The zero-order valence-corrected chi connectivity index (χ0v) is 17.0. The summed E-state index contributed by atoms with van der Waals surface area (Å²) in [7, 11) is 0. The molecule has 5 rings (SSSR count). The van der Waals surface area contributed by atoms with Crippen molar-refractivity contribution in [2.24, 2.45) is 5.10 Å². The summed E-state index contributed by atoms with van der Waals surface area (Å²) in [6, 6.07) is 22.6. The molecule has 0 fully saturated rings. The van der Waals surface area contributed by atoms with Gasteiger partial charge in [-0.15, -0.1) is 0 Å². The Kier molecular flexibility index (Phi) is 5.06. The Morgan fingerprint density at radius 2 is 1.81 bits per heavy atom. The van der Waals surface area contributed by atoms with Gasteiger partial charge in [-0.05, 0) is 47.2 Å². The number of furan rings is 1. The molecule has 1 atom stereocenters. The van der Waals surface area contributed by atoms with E-state index >= 15 is 0 Å². The maximum absolute atomic E-state index is 12.5. The van der Waals surface area contributed by atoms with Gasteiger partial charge in [-0.1, -0.05) is 48.0 Å². The van der Waals surface area contributed by atoms with Crippen molar-refractivity contribution in [3.8, 4) is 22.8 Å². The van der Waals surface area contributed by atoms with Crippen molar-refractivity contribution in [1.82, 2.24) is 5.43 Å². The molecule has 1 amide bonds. The molecule has 1 aliphatic rings. The van der Waals surface area contributed by atoms with Gasteiger partial charge in [0.25, 0.3) is 5.91 Å². The minimum absolute atomic E-state index is 0.104. The van der Waals surface area contributed by atoms with Crippen molar-refractivity contribution >= 4 is 34.5 Å². The summed E-state index contributed by atoms with van der Waals surface area (Å²) in [5.41, 5.74) is 3.33. The molecule has 7 heteroatoms. The van der Waals surface area contributed by atoms with Gasteiger partial charge in [-0.25, -0.2) is 5.43 Å². The van der Waals surface area contributed by atoms with Crippen LogP contribution >= 0.6 is 11.6 Å². The zero-order valence-electron chi connectivity index (χ0n) is 16.2. The molecule has 31 heavy (non-hydrogen) atoms. The van der Waals surface area contributed by atoms with Gasteiger partial charge in [0.2, 0.25) is 6.10 Å². The molecule has 4 aromatic rings. The van der Waals surface area contributed by atoms with Gasteiger partial charge in [0.05, 0.1) is 6.21 Å². The van der Waals surface area contributed by atoms with Gasteiger partial charge in [-0.3, -0.25) is 4.79 Å². The summed E-state index contributed by atoms with van der Waals surface area (Å²) in [5, 5.41) is 6.65. The van der Waals surface area contributed by atoms with Crippen LogP contribution in [-0.2, 0) is 4.79 Å². The molecule has 0 aliphatic carbocycles. The second-order valence-corrected chi connectivity index (χ2v) is 7.45. The summed E-state index contributed by atoms with van der Waals surface area (Å²) in [5.74, 6) is 1.90. The number of ether oxygens (including phenoxy) is 2. The minimum atomic E-state index is -0.801. The van der Waals surface area contributed by atoms with E-state index in [-0.39, 0.29) is 6.61 Å². The second kappa shape index (κ2) is 8.16. The molecule has 6 nitrogen and oxygen atoms in total. The van der Waals surface area contributed by atoms with Crippen LogP contribution in [0.5, 0.6) is 11.5 Å². The predicted octanol–water partition coefficient (Wildman–Crippen LogP) is 5.04. The fraction of sp³-hybridized carbons (Fsp3) is 0.0833. The standard InChI is InChI=1S/C24H17ClN2O4/c25-18-7-3-6-17(10-18)20-9-8-19(30-20)13-26-27-24(28)23-14-29-21-11-15-4-1-2-5-16(15)12-22(21)31-23/h1-13,23H,14H2,(H,27,28). The van der Waals surface area contributed by atoms with E-state index < -0.39 is 12.0 Å². The summed E-state index contributed by atoms with van der Waals surface area (Å²) >= 11 is 6.02. The Balaban J connectivity index is 1.23. The fourth-order valence-electron chi connectivity index (χ4n) is 3.34. The van der Waals surface area contributed by atoms with Crippen molar-refractivity contribution in [1.29, 1.82) is 0 Å². The van der Waals surface area contributed by atoms with Gasteiger partial charge >= 0.3 is 0 Å². The number of nitrogens with zero attached hydrogens (tertiary/aromatic N) is 1. The maximum atomic E-state index is 12.5. The summed E-state index contributed by atoms with van der Waals surface area (Å²) in [6.07, 6.45) is 0.626. The number of carbonyl (C=O) groups excluding carboxylic acids is 1. The quantitative estimate of drug-likeness (QED) is 0.362. The third kappa shape index (κ3) is 4.11. The number of fused-ring (bicyclic) bond motifs is 2. The van der Waals surface area contributed by atoms with Gasteiger partial charge in [-0.2, -0.15) is 5.10 Å². The number of amides is 1. The smallest absolute Gasteiger partial charge is 0.284 e. The topological polar surface area (TPSA) is 73.1 Å². The molecule has 1 N–H and O–H groups in total. The van der Waals surface area contributed by atoms with E-state index in [2.05, 4.69) is 10.5 Å². The first-order valence-electron chi connectivity index (χ1n) is 9.67. The van der Waals surface area contributed by atoms with Crippen LogP contribution in [0, 0.1) is 0 Å². The Hall–Kier alpha value is -3.77. The highest BCUT2D eigenvalue weighted by atomic mass is 35.5. The molecule has 1 aliphatic heterocycles. The molecule has 1 unspecified atom stereocenters. The van der Waals surface area contributed by atoms with E-state index in [1.165, 1.54) is 6.21 Å². The summed E-state index contributed by atoms with van der Waals surface area (Å²) in [6.45, 7) is 0.104. The third-order valence-corrected chi connectivity index (χ3v) is 5.10. The summed E-state index contributed by atoms with van der Waals surface area (Å²) < 4.78 is 17.3. The largest absolute Gasteiger partial charge is 0.485 e. The molecule has 154 valence electrons. The molecule has 0 saturated carbocycles. The molecular weight excluding hydrogens is 416 g/mol. The van der Waals surface area contributed by atoms with Gasteiger partial charge in [0, 0.05) is 10.6 Å². The third-order valence-electron chi connectivity index (χ3n) is 4.87. The lowest BCUT2D eigenvalue weighted by atomic mass is 10.1. The first-order valence-corrected chi connectivity index (χ1v) is 10.0. The first kappa shape index (κ1) is 19.2. The van der Waals surface area contributed by atoms with Crippen molar-refractivity contribution in [2.45, 2.75) is 6.10 Å². The van der Waals surface area contributed by atoms with E-state index in [1.54, 1.807) is 12.1 Å². The highest BCUT2D eigenvalue weighted by molar-refractivity contribution is 6.30. The van der Waals surface area contributed by atoms with Crippen LogP contribution in [-0.4, -0.2) is 24.8 Å². The van der Waals surface area contributed by atoms with E-state index in [4.69, 9.17) is 25.5 Å². The second-order valence-electron chi connectivity index (χ2n) is 7.01. The van der Waals surface area contributed by atoms with Crippen LogP contribution in [0.4, 0.5) is 0 Å². The van der Waals surface area contributed by atoms with Crippen molar-refractivity contribution in [3.05, 3.63) is 83.6 Å². The van der Waals surface area contributed by atoms with Crippen LogP contribution in [0.15, 0.2) is 82.3 Å². The number of carbonyl (C=O) groups is 1.